The lowest BCUT2D eigenvalue weighted by atomic mass is 9.48. The quantitative estimate of drug-likeness (QED) is 0.822. The average Bonchev–Trinajstić information content (AvgIpc) is 2.45. The zero-order valence-corrected chi connectivity index (χ0v) is 12.5. The number of rotatable bonds is 3. The molecule has 1 aromatic carbocycles. The number of hydrogen-bond acceptors (Lipinski definition) is 2. The molecule has 4 fully saturated rings. The summed E-state index contributed by atoms with van der Waals surface area (Å²) in [6.45, 7) is 0. The summed E-state index contributed by atoms with van der Waals surface area (Å²) in [7, 11) is 3.51. The van der Waals surface area contributed by atoms with Gasteiger partial charge in [0, 0.05) is 11.6 Å². The molecule has 0 saturated heterocycles. The molecule has 0 atom stereocenters. The third-order valence-corrected chi connectivity index (χ3v) is 6.02. The molecule has 4 saturated carbocycles. The lowest BCUT2D eigenvalue weighted by molar-refractivity contribution is -0.00617. The molecule has 0 radical (unpaired) electrons. The van der Waals surface area contributed by atoms with Gasteiger partial charge in [-0.25, -0.2) is 0 Å². The van der Waals surface area contributed by atoms with Crippen molar-refractivity contribution >= 4 is 0 Å². The van der Waals surface area contributed by atoms with E-state index in [1.165, 1.54) is 44.1 Å². The molecule has 108 valence electrons. The van der Waals surface area contributed by atoms with Crippen LogP contribution < -0.4 is 9.47 Å². The maximum atomic E-state index is 5.70. The molecule has 0 heterocycles. The van der Waals surface area contributed by atoms with Crippen molar-refractivity contribution in [2.75, 3.05) is 14.2 Å². The summed E-state index contributed by atoms with van der Waals surface area (Å²) >= 11 is 0. The van der Waals surface area contributed by atoms with Crippen molar-refractivity contribution in [1.82, 2.24) is 0 Å². The second-order valence-electron chi connectivity index (χ2n) is 7.26. The predicted octanol–water partition coefficient (Wildman–Crippen LogP) is 4.17. The predicted molar refractivity (Wildman–Crippen MR) is 79.4 cm³/mol. The summed E-state index contributed by atoms with van der Waals surface area (Å²) in [4.78, 5) is 0. The van der Waals surface area contributed by atoms with E-state index in [2.05, 4.69) is 18.2 Å². The van der Waals surface area contributed by atoms with Crippen LogP contribution in [0.3, 0.4) is 0 Å². The van der Waals surface area contributed by atoms with Gasteiger partial charge in [-0.2, -0.15) is 0 Å². The third-order valence-electron chi connectivity index (χ3n) is 6.02. The van der Waals surface area contributed by atoms with Crippen LogP contribution in [0.5, 0.6) is 11.5 Å². The molecular formula is C18H24O2. The minimum absolute atomic E-state index is 0.395. The summed E-state index contributed by atoms with van der Waals surface area (Å²) < 4.78 is 11.0. The number of ether oxygens (including phenoxy) is 2. The van der Waals surface area contributed by atoms with E-state index in [1.54, 1.807) is 14.2 Å². The fraction of sp³-hybridized carbons (Fsp3) is 0.667. The van der Waals surface area contributed by atoms with E-state index in [-0.39, 0.29) is 0 Å². The third kappa shape index (κ3) is 1.77. The van der Waals surface area contributed by atoms with Crippen LogP contribution in [0.25, 0.3) is 0 Å². The van der Waals surface area contributed by atoms with E-state index in [1.807, 2.05) is 0 Å². The van der Waals surface area contributed by atoms with E-state index >= 15 is 0 Å². The van der Waals surface area contributed by atoms with Gasteiger partial charge in [-0.1, -0.05) is 6.07 Å². The molecule has 0 amide bonds. The van der Waals surface area contributed by atoms with Crippen molar-refractivity contribution in [3.8, 4) is 11.5 Å². The van der Waals surface area contributed by atoms with Gasteiger partial charge in [0.1, 0.15) is 11.5 Å². The van der Waals surface area contributed by atoms with Crippen LogP contribution in [0.15, 0.2) is 18.2 Å². The maximum absolute atomic E-state index is 5.70. The number of methoxy groups -OCH3 is 2. The van der Waals surface area contributed by atoms with E-state index in [0.29, 0.717) is 5.41 Å². The van der Waals surface area contributed by atoms with Crippen molar-refractivity contribution in [3.05, 3.63) is 23.8 Å². The summed E-state index contributed by atoms with van der Waals surface area (Å²) in [6, 6.07) is 6.44. The second-order valence-corrected chi connectivity index (χ2v) is 7.26. The van der Waals surface area contributed by atoms with Crippen molar-refractivity contribution < 1.29 is 9.47 Å². The summed E-state index contributed by atoms with van der Waals surface area (Å²) in [5.41, 5.74) is 1.84. The molecule has 0 aliphatic heterocycles. The van der Waals surface area contributed by atoms with Crippen LogP contribution in [-0.4, -0.2) is 14.2 Å². The number of benzene rings is 1. The van der Waals surface area contributed by atoms with Gasteiger partial charge in [0.15, 0.2) is 0 Å². The SMILES string of the molecule is COc1ccc(C23CC4CC(CC(C4)C2)C3)c(OC)c1. The van der Waals surface area contributed by atoms with Gasteiger partial charge < -0.3 is 9.47 Å². The fourth-order valence-electron chi connectivity index (χ4n) is 5.68. The summed E-state index contributed by atoms with van der Waals surface area (Å²) in [6.07, 6.45) is 8.58. The van der Waals surface area contributed by atoms with Crippen LogP contribution in [0.4, 0.5) is 0 Å². The Labute approximate surface area is 121 Å². The monoisotopic (exact) mass is 272 g/mol. The Bertz CT molecular complexity index is 485. The van der Waals surface area contributed by atoms with Crippen LogP contribution in [0.2, 0.25) is 0 Å². The molecule has 0 aromatic heterocycles. The molecule has 0 N–H and O–H groups in total. The Morgan fingerprint density at radius 3 is 2.00 bits per heavy atom. The normalized spacial score (nSPS) is 38.0. The molecule has 20 heavy (non-hydrogen) atoms. The van der Waals surface area contributed by atoms with Crippen LogP contribution in [-0.2, 0) is 5.41 Å². The summed E-state index contributed by atoms with van der Waals surface area (Å²) in [5, 5.41) is 0. The Morgan fingerprint density at radius 2 is 1.50 bits per heavy atom. The Morgan fingerprint density at radius 1 is 0.900 bits per heavy atom. The lowest BCUT2D eigenvalue weighted by Gasteiger charge is -2.57. The van der Waals surface area contributed by atoms with Crippen molar-refractivity contribution in [3.63, 3.8) is 0 Å². The molecule has 4 aliphatic rings. The Hall–Kier alpha value is -1.18. The lowest BCUT2D eigenvalue weighted by Crippen LogP contribution is -2.48. The fourth-order valence-corrected chi connectivity index (χ4v) is 5.68. The largest absolute Gasteiger partial charge is 0.497 e. The van der Waals surface area contributed by atoms with Crippen molar-refractivity contribution in [1.29, 1.82) is 0 Å². The first-order chi connectivity index (χ1) is 9.72. The van der Waals surface area contributed by atoms with Gasteiger partial charge in [0.25, 0.3) is 0 Å². The van der Waals surface area contributed by atoms with Gasteiger partial charge >= 0.3 is 0 Å². The van der Waals surface area contributed by atoms with E-state index in [9.17, 15) is 0 Å². The molecule has 5 rings (SSSR count). The molecular weight excluding hydrogens is 248 g/mol. The van der Waals surface area contributed by atoms with Crippen LogP contribution >= 0.6 is 0 Å². The second kappa shape index (κ2) is 4.41. The summed E-state index contributed by atoms with van der Waals surface area (Å²) in [5.74, 6) is 4.83. The molecule has 4 aliphatic carbocycles. The highest BCUT2D eigenvalue weighted by Crippen LogP contribution is 2.61. The average molecular weight is 272 g/mol. The molecule has 0 unspecified atom stereocenters. The molecule has 4 bridgehead atoms. The molecule has 0 spiro atoms. The van der Waals surface area contributed by atoms with Gasteiger partial charge in [-0.05, 0) is 67.8 Å². The van der Waals surface area contributed by atoms with Gasteiger partial charge in [-0.15, -0.1) is 0 Å². The maximum Gasteiger partial charge on any atom is 0.126 e. The minimum atomic E-state index is 0.395. The first-order valence-electron chi connectivity index (χ1n) is 7.95. The molecule has 1 aromatic rings. The van der Waals surface area contributed by atoms with Gasteiger partial charge in [0.05, 0.1) is 14.2 Å². The number of hydrogen-bond donors (Lipinski definition) is 0. The van der Waals surface area contributed by atoms with Crippen LogP contribution in [0, 0.1) is 17.8 Å². The standard InChI is InChI=1S/C18H24O2/c1-19-15-3-4-16(17(8-15)20-2)18-9-12-5-13(10-18)7-14(6-12)11-18/h3-4,8,12-14H,5-7,9-11H2,1-2H3. The smallest absolute Gasteiger partial charge is 0.126 e. The van der Waals surface area contributed by atoms with E-state index < -0.39 is 0 Å². The van der Waals surface area contributed by atoms with E-state index in [4.69, 9.17) is 9.47 Å². The minimum Gasteiger partial charge on any atom is -0.497 e. The van der Waals surface area contributed by atoms with Gasteiger partial charge in [0.2, 0.25) is 0 Å². The highest BCUT2D eigenvalue weighted by atomic mass is 16.5. The van der Waals surface area contributed by atoms with Crippen molar-refractivity contribution in [2.45, 2.75) is 43.9 Å². The first kappa shape index (κ1) is 12.6. The highest BCUT2D eigenvalue weighted by molar-refractivity contribution is 5.46. The zero-order chi connectivity index (χ0) is 13.7. The molecule has 2 heteroatoms. The van der Waals surface area contributed by atoms with Crippen LogP contribution in [0.1, 0.15) is 44.1 Å². The van der Waals surface area contributed by atoms with E-state index in [0.717, 1.165) is 29.3 Å². The topological polar surface area (TPSA) is 18.5 Å². The highest BCUT2D eigenvalue weighted by Gasteiger charge is 2.52. The Kier molecular flexibility index (Phi) is 2.77. The molecule has 2 nitrogen and oxygen atoms in total. The zero-order valence-electron chi connectivity index (χ0n) is 12.5. The first-order valence-corrected chi connectivity index (χ1v) is 7.95. The van der Waals surface area contributed by atoms with Crippen molar-refractivity contribution in [2.24, 2.45) is 17.8 Å². The Balaban J connectivity index is 1.76. The van der Waals surface area contributed by atoms with Gasteiger partial charge in [-0.3, -0.25) is 0 Å².